The Morgan fingerprint density at radius 3 is 2.93 bits per heavy atom. The van der Waals surface area contributed by atoms with Gasteiger partial charge in [0.2, 0.25) is 0 Å². The molecule has 2 aromatic rings. The molecular weight excluding hydrogens is 374 g/mol. The SMILES string of the molecule is COC1C(=O)C=CC=C1C(=O)NC1CCCn2c1nc(-c1ccncn1)cc2=O. The largest absolute Gasteiger partial charge is 0.368 e. The van der Waals surface area contributed by atoms with Crippen LogP contribution in [0.5, 0.6) is 0 Å². The molecule has 0 saturated heterocycles. The van der Waals surface area contributed by atoms with Crippen LogP contribution in [-0.2, 0) is 20.9 Å². The Bertz CT molecular complexity index is 1070. The average Bonchev–Trinajstić information content (AvgIpc) is 2.74. The smallest absolute Gasteiger partial charge is 0.254 e. The van der Waals surface area contributed by atoms with Crippen molar-refractivity contribution in [2.45, 2.75) is 31.5 Å². The van der Waals surface area contributed by atoms with Crippen LogP contribution in [0.3, 0.4) is 0 Å². The molecule has 0 radical (unpaired) electrons. The third kappa shape index (κ3) is 3.64. The molecule has 9 heteroatoms. The van der Waals surface area contributed by atoms with Gasteiger partial charge in [-0.1, -0.05) is 12.2 Å². The van der Waals surface area contributed by atoms with Crippen molar-refractivity contribution in [3.05, 3.63) is 64.6 Å². The van der Waals surface area contributed by atoms with Crippen LogP contribution in [0.4, 0.5) is 0 Å². The highest BCUT2D eigenvalue weighted by Crippen LogP contribution is 2.25. The Morgan fingerprint density at radius 2 is 2.17 bits per heavy atom. The summed E-state index contributed by atoms with van der Waals surface area (Å²) in [5.41, 5.74) is 0.981. The van der Waals surface area contributed by atoms with Crippen LogP contribution in [0.15, 0.2) is 53.3 Å². The van der Waals surface area contributed by atoms with Gasteiger partial charge in [-0.05, 0) is 25.0 Å². The quantitative estimate of drug-likeness (QED) is 0.814. The molecule has 148 valence electrons. The first-order valence-electron chi connectivity index (χ1n) is 9.22. The number of hydrogen-bond acceptors (Lipinski definition) is 7. The molecule has 0 aromatic carbocycles. The number of rotatable bonds is 4. The molecule has 2 aromatic heterocycles. The van der Waals surface area contributed by atoms with Gasteiger partial charge < -0.3 is 10.1 Å². The molecule has 1 aliphatic carbocycles. The van der Waals surface area contributed by atoms with E-state index in [4.69, 9.17) is 4.74 Å². The van der Waals surface area contributed by atoms with E-state index in [-0.39, 0.29) is 16.9 Å². The van der Waals surface area contributed by atoms with Crippen molar-refractivity contribution in [3.8, 4) is 11.4 Å². The Balaban J connectivity index is 1.66. The van der Waals surface area contributed by atoms with Gasteiger partial charge in [0.25, 0.3) is 11.5 Å². The lowest BCUT2D eigenvalue weighted by atomic mass is 9.98. The van der Waals surface area contributed by atoms with Gasteiger partial charge in [0.15, 0.2) is 5.78 Å². The lowest BCUT2D eigenvalue weighted by Crippen LogP contribution is -2.41. The molecule has 29 heavy (non-hydrogen) atoms. The predicted molar refractivity (Wildman–Crippen MR) is 103 cm³/mol. The van der Waals surface area contributed by atoms with E-state index in [2.05, 4.69) is 20.3 Å². The summed E-state index contributed by atoms with van der Waals surface area (Å²) in [7, 11) is 1.38. The molecule has 2 unspecified atom stereocenters. The van der Waals surface area contributed by atoms with Gasteiger partial charge in [0, 0.05) is 25.9 Å². The van der Waals surface area contributed by atoms with E-state index in [0.29, 0.717) is 30.2 Å². The van der Waals surface area contributed by atoms with Crippen molar-refractivity contribution >= 4 is 11.7 Å². The molecule has 0 fully saturated rings. The van der Waals surface area contributed by atoms with E-state index in [0.717, 1.165) is 6.42 Å². The van der Waals surface area contributed by atoms with Gasteiger partial charge in [0.1, 0.15) is 18.3 Å². The third-order valence-electron chi connectivity index (χ3n) is 4.95. The first-order chi connectivity index (χ1) is 14.1. The highest BCUT2D eigenvalue weighted by atomic mass is 16.5. The van der Waals surface area contributed by atoms with Crippen molar-refractivity contribution in [2.75, 3.05) is 7.11 Å². The highest BCUT2D eigenvalue weighted by molar-refractivity contribution is 6.07. The number of nitrogens with zero attached hydrogens (tertiary/aromatic N) is 4. The number of ether oxygens (including phenoxy) is 1. The van der Waals surface area contributed by atoms with Crippen molar-refractivity contribution in [3.63, 3.8) is 0 Å². The summed E-state index contributed by atoms with van der Waals surface area (Å²) in [6.45, 7) is 0.530. The maximum atomic E-state index is 12.8. The molecule has 4 rings (SSSR count). The maximum absolute atomic E-state index is 12.8. The number of fused-ring (bicyclic) bond motifs is 1. The predicted octanol–water partition coefficient (Wildman–Crippen LogP) is 0.732. The fourth-order valence-electron chi connectivity index (χ4n) is 3.56. The summed E-state index contributed by atoms with van der Waals surface area (Å²) in [4.78, 5) is 50.1. The van der Waals surface area contributed by atoms with Crippen LogP contribution in [0.1, 0.15) is 24.7 Å². The van der Waals surface area contributed by atoms with Crippen LogP contribution in [-0.4, -0.2) is 44.4 Å². The fourth-order valence-corrected chi connectivity index (χ4v) is 3.56. The number of aromatic nitrogens is 4. The monoisotopic (exact) mass is 393 g/mol. The van der Waals surface area contributed by atoms with E-state index in [1.807, 2.05) is 0 Å². The number of ketones is 1. The minimum atomic E-state index is -0.939. The standard InChI is InChI=1S/C20H19N5O4/c1-29-18-12(4-2-6-16(18)26)20(28)24-14-5-3-9-25-17(27)10-15(23-19(14)25)13-7-8-21-11-22-13/h2,4,6-8,10-11,14,18H,3,5,9H2,1H3,(H,24,28). The maximum Gasteiger partial charge on any atom is 0.254 e. The summed E-state index contributed by atoms with van der Waals surface area (Å²) < 4.78 is 6.74. The van der Waals surface area contributed by atoms with E-state index >= 15 is 0 Å². The van der Waals surface area contributed by atoms with Gasteiger partial charge in [-0.15, -0.1) is 0 Å². The van der Waals surface area contributed by atoms with Crippen LogP contribution >= 0.6 is 0 Å². The molecular formula is C20H19N5O4. The molecule has 1 aliphatic heterocycles. The number of hydrogen-bond donors (Lipinski definition) is 1. The Labute approximate surface area is 166 Å². The lowest BCUT2D eigenvalue weighted by Gasteiger charge is -2.28. The first kappa shape index (κ1) is 18.9. The molecule has 1 amide bonds. The number of carbonyl (C=O) groups excluding carboxylic acids is 2. The van der Waals surface area contributed by atoms with Gasteiger partial charge in [-0.25, -0.2) is 15.0 Å². The molecule has 0 spiro atoms. The zero-order valence-electron chi connectivity index (χ0n) is 15.7. The molecule has 0 saturated carbocycles. The summed E-state index contributed by atoms with van der Waals surface area (Å²) >= 11 is 0. The molecule has 2 atom stereocenters. The summed E-state index contributed by atoms with van der Waals surface area (Å²) in [5, 5.41) is 2.91. The number of methoxy groups -OCH3 is 1. The zero-order valence-corrected chi connectivity index (χ0v) is 15.7. The summed E-state index contributed by atoms with van der Waals surface area (Å²) in [5.74, 6) is -0.239. The number of nitrogens with one attached hydrogen (secondary N) is 1. The van der Waals surface area contributed by atoms with Gasteiger partial charge in [-0.2, -0.15) is 0 Å². The molecule has 9 nitrogen and oxygen atoms in total. The van der Waals surface area contributed by atoms with E-state index < -0.39 is 18.1 Å². The average molecular weight is 393 g/mol. The molecule has 3 heterocycles. The second-order valence-electron chi connectivity index (χ2n) is 6.75. The van der Waals surface area contributed by atoms with Crippen molar-refractivity contribution < 1.29 is 14.3 Å². The van der Waals surface area contributed by atoms with Crippen LogP contribution < -0.4 is 10.9 Å². The fraction of sp³-hybridized carbons (Fsp3) is 0.300. The van der Waals surface area contributed by atoms with Gasteiger partial charge >= 0.3 is 0 Å². The van der Waals surface area contributed by atoms with E-state index in [1.54, 1.807) is 22.9 Å². The van der Waals surface area contributed by atoms with Crippen LogP contribution in [0, 0.1) is 0 Å². The number of allylic oxidation sites excluding steroid dienone is 2. The molecule has 0 bridgehead atoms. The van der Waals surface area contributed by atoms with Crippen molar-refractivity contribution in [2.24, 2.45) is 0 Å². The topological polar surface area (TPSA) is 116 Å². The minimum absolute atomic E-state index is 0.202. The third-order valence-corrected chi connectivity index (χ3v) is 4.95. The normalized spacial score (nSPS) is 20.7. The van der Waals surface area contributed by atoms with Crippen LogP contribution in [0.25, 0.3) is 11.4 Å². The molecule has 2 aliphatic rings. The molecule has 1 N–H and O–H groups in total. The number of amides is 1. The highest BCUT2D eigenvalue weighted by Gasteiger charge is 2.31. The van der Waals surface area contributed by atoms with Gasteiger partial charge in [0.05, 0.1) is 23.0 Å². The summed E-state index contributed by atoms with van der Waals surface area (Å²) in [6.07, 6.45) is 7.83. The van der Waals surface area contributed by atoms with Gasteiger partial charge in [-0.3, -0.25) is 19.0 Å². The first-order valence-corrected chi connectivity index (χ1v) is 9.22. The Kier molecular flexibility index (Phi) is 5.13. The second kappa shape index (κ2) is 7.88. The lowest BCUT2D eigenvalue weighted by molar-refractivity contribution is -0.127. The number of carbonyl (C=O) groups is 2. The van der Waals surface area contributed by atoms with Crippen LogP contribution in [0.2, 0.25) is 0 Å². The van der Waals surface area contributed by atoms with E-state index in [1.165, 1.54) is 31.7 Å². The zero-order chi connectivity index (χ0) is 20.4. The van der Waals surface area contributed by atoms with Crippen molar-refractivity contribution in [1.82, 2.24) is 24.8 Å². The second-order valence-corrected chi connectivity index (χ2v) is 6.75. The van der Waals surface area contributed by atoms with E-state index in [9.17, 15) is 14.4 Å². The minimum Gasteiger partial charge on any atom is -0.368 e. The summed E-state index contributed by atoms with van der Waals surface area (Å²) in [6, 6.07) is 2.64. The Morgan fingerprint density at radius 1 is 1.31 bits per heavy atom. The Hall–Kier alpha value is -3.46. The van der Waals surface area contributed by atoms with Crippen molar-refractivity contribution in [1.29, 1.82) is 0 Å².